The molecule has 0 unspecified atom stereocenters. The topological polar surface area (TPSA) is 49.3 Å². The van der Waals surface area contributed by atoms with E-state index in [9.17, 15) is 4.79 Å². The van der Waals surface area contributed by atoms with E-state index >= 15 is 0 Å². The number of aromatic nitrogens is 2. The summed E-state index contributed by atoms with van der Waals surface area (Å²) >= 11 is 1.69. The maximum absolute atomic E-state index is 13.1. The number of thiophene rings is 1. The molecular formula is C20H20N4OS. The van der Waals surface area contributed by atoms with Crippen LogP contribution < -0.4 is 9.80 Å². The van der Waals surface area contributed by atoms with E-state index in [1.807, 2.05) is 17.0 Å². The summed E-state index contributed by atoms with van der Waals surface area (Å²) in [4.78, 5) is 26.2. The number of fused-ring (bicyclic) bond motifs is 2. The van der Waals surface area contributed by atoms with E-state index in [4.69, 9.17) is 0 Å². The van der Waals surface area contributed by atoms with Gasteiger partial charge in [0.1, 0.15) is 12.1 Å². The highest BCUT2D eigenvalue weighted by Crippen LogP contribution is 2.33. The van der Waals surface area contributed by atoms with Crippen molar-refractivity contribution >= 4 is 39.0 Å². The summed E-state index contributed by atoms with van der Waals surface area (Å²) in [5.41, 5.74) is 3.40. The van der Waals surface area contributed by atoms with Gasteiger partial charge in [0.15, 0.2) is 0 Å². The minimum absolute atomic E-state index is 0.109. The third-order valence-corrected chi connectivity index (χ3v) is 6.42. The summed E-state index contributed by atoms with van der Waals surface area (Å²) < 4.78 is 1.14. The van der Waals surface area contributed by atoms with E-state index in [0.717, 1.165) is 60.6 Å². The van der Waals surface area contributed by atoms with Crippen LogP contribution in [0.4, 0.5) is 11.5 Å². The van der Waals surface area contributed by atoms with Gasteiger partial charge in [-0.25, -0.2) is 9.97 Å². The Balaban J connectivity index is 1.30. The van der Waals surface area contributed by atoms with Crippen LogP contribution in [0.3, 0.4) is 0 Å². The van der Waals surface area contributed by atoms with Crippen molar-refractivity contribution in [3.05, 3.63) is 47.6 Å². The van der Waals surface area contributed by atoms with Crippen LogP contribution in [0.1, 0.15) is 18.4 Å². The summed E-state index contributed by atoms with van der Waals surface area (Å²) in [7, 11) is 0. The molecular weight excluding hydrogens is 344 g/mol. The van der Waals surface area contributed by atoms with Crippen molar-refractivity contribution in [2.45, 2.75) is 19.3 Å². The first-order valence-corrected chi connectivity index (χ1v) is 10.0. The van der Waals surface area contributed by atoms with E-state index in [-0.39, 0.29) is 5.92 Å². The van der Waals surface area contributed by atoms with Gasteiger partial charge in [0.25, 0.3) is 0 Å². The average Bonchev–Trinajstić information content (AvgIpc) is 3.34. The second-order valence-electron chi connectivity index (χ2n) is 6.96. The maximum Gasteiger partial charge on any atom is 0.230 e. The normalized spacial score (nSPS) is 17.7. The number of nitrogens with zero attached hydrogens (tertiary/aromatic N) is 4. The number of benzene rings is 1. The summed E-state index contributed by atoms with van der Waals surface area (Å²) in [6.07, 6.45) is 4.38. The SMILES string of the molecule is O=C(C1CCN(c2ncnc3ccsc23)CC1)N1CCc2ccccc21. The van der Waals surface area contributed by atoms with Gasteiger partial charge in [-0.2, -0.15) is 0 Å². The van der Waals surface area contributed by atoms with Crippen LogP contribution in [0.15, 0.2) is 42.0 Å². The van der Waals surface area contributed by atoms with E-state index in [1.165, 1.54) is 5.56 Å². The van der Waals surface area contributed by atoms with Crippen LogP contribution in [0.2, 0.25) is 0 Å². The second-order valence-corrected chi connectivity index (χ2v) is 7.88. The highest BCUT2D eigenvalue weighted by molar-refractivity contribution is 7.17. The molecule has 1 saturated heterocycles. The Morgan fingerprint density at radius 3 is 2.81 bits per heavy atom. The summed E-state index contributed by atoms with van der Waals surface area (Å²) in [6.45, 7) is 2.56. The van der Waals surface area contributed by atoms with Crippen molar-refractivity contribution in [2.75, 3.05) is 29.4 Å². The van der Waals surface area contributed by atoms with Crippen molar-refractivity contribution in [1.82, 2.24) is 9.97 Å². The molecule has 0 saturated carbocycles. The number of anilines is 2. The molecule has 0 spiro atoms. The van der Waals surface area contributed by atoms with Crippen LogP contribution in [-0.4, -0.2) is 35.5 Å². The van der Waals surface area contributed by atoms with E-state index in [2.05, 4.69) is 38.4 Å². The van der Waals surface area contributed by atoms with Gasteiger partial charge in [-0.1, -0.05) is 18.2 Å². The molecule has 132 valence electrons. The Labute approximate surface area is 156 Å². The fraction of sp³-hybridized carbons (Fsp3) is 0.350. The van der Waals surface area contributed by atoms with Gasteiger partial charge >= 0.3 is 0 Å². The lowest BCUT2D eigenvalue weighted by molar-refractivity contribution is -0.122. The van der Waals surface area contributed by atoms with E-state index in [0.29, 0.717) is 5.91 Å². The van der Waals surface area contributed by atoms with Crippen molar-refractivity contribution < 1.29 is 4.79 Å². The van der Waals surface area contributed by atoms with Crippen LogP contribution in [0.25, 0.3) is 10.2 Å². The Morgan fingerprint density at radius 2 is 1.92 bits per heavy atom. The Hall–Kier alpha value is -2.47. The van der Waals surface area contributed by atoms with E-state index < -0.39 is 0 Å². The first-order valence-electron chi connectivity index (χ1n) is 9.14. The molecule has 0 aliphatic carbocycles. The van der Waals surface area contributed by atoms with Crippen molar-refractivity contribution in [3.63, 3.8) is 0 Å². The third-order valence-electron chi connectivity index (χ3n) is 5.52. The summed E-state index contributed by atoms with van der Waals surface area (Å²) in [5, 5.41) is 2.06. The average molecular weight is 364 g/mol. The lowest BCUT2D eigenvalue weighted by Gasteiger charge is -2.34. The minimum Gasteiger partial charge on any atom is -0.355 e. The largest absolute Gasteiger partial charge is 0.355 e. The molecule has 5 rings (SSSR count). The minimum atomic E-state index is 0.109. The number of piperidine rings is 1. The predicted molar refractivity (Wildman–Crippen MR) is 105 cm³/mol. The number of hydrogen-bond donors (Lipinski definition) is 0. The molecule has 0 N–H and O–H groups in total. The summed E-state index contributed by atoms with van der Waals surface area (Å²) in [5.74, 6) is 1.42. The zero-order valence-corrected chi connectivity index (χ0v) is 15.3. The molecule has 1 fully saturated rings. The number of carbonyl (C=O) groups is 1. The first kappa shape index (κ1) is 15.8. The zero-order valence-electron chi connectivity index (χ0n) is 14.5. The molecule has 0 radical (unpaired) electrons. The quantitative estimate of drug-likeness (QED) is 0.698. The summed E-state index contributed by atoms with van der Waals surface area (Å²) in [6, 6.07) is 10.3. The fourth-order valence-corrected chi connectivity index (χ4v) is 4.99. The van der Waals surface area contributed by atoms with Crippen LogP contribution in [0.5, 0.6) is 0 Å². The van der Waals surface area contributed by atoms with E-state index in [1.54, 1.807) is 17.7 Å². The van der Waals surface area contributed by atoms with Crippen LogP contribution in [0, 0.1) is 5.92 Å². The highest BCUT2D eigenvalue weighted by Gasteiger charge is 2.32. The molecule has 6 heteroatoms. The van der Waals surface area contributed by atoms with Crippen molar-refractivity contribution in [1.29, 1.82) is 0 Å². The molecule has 26 heavy (non-hydrogen) atoms. The molecule has 0 atom stereocenters. The standard InChI is InChI=1S/C20H20N4OS/c25-20(24-11-7-14-3-1-2-4-17(14)24)15-5-9-23(10-6-15)19-18-16(8-12-26-18)21-13-22-19/h1-4,8,12-13,15H,5-7,9-11H2. The maximum atomic E-state index is 13.1. The number of hydrogen-bond acceptors (Lipinski definition) is 5. The third kappa shape index (κ3) is 2.56. The van der Waals surface area contributed by atoms with Gasteiger partial charge in [-0.05, 0) is 42.3 Å². The molecule has 2 aliphatic heterocycles. The van der Waals surface area contributed by atoms with Gasteiger partial charge in [0.05, 0.1) is 10.2 Å². The molecule has 1 amide bonds. The fourth-order valence-electron chi connectivity index (χ4n) is 4.13. The smallest absolute Gasteiger partial charge is 0.230 e. The zero-order chi connectivity index (χ0) is 17.5. The Bertz CT molecular complexity index is 961. The van der Waals surface area contributed by atoms with Gasteiger partial charge in [0.2, 0.25) is 5.91 Å². The monoisotopic (exact) mass is 364 g/mol. The molecule has 0 bridgehead atoms. The number of carbonyl (C=O) groups excluding carboxylic acids is 1. The molecule has 2 aromatic heterocycles. The molecule has 4 heterocycles. The van der Waals surface area contributed by atoms with Crippen LogP contribution in [-0.2, 0) is 11.2 Å². The number of rotatable bonds is 2. The molecule has 2 aliphatic rings. The van der Waals surface area contributed by atoms with Crippen molar-refractivity contribution in [3.8, 4) is 0 Å². The number of amides is 1. The van der Waals surface area contributed by atoms with Gasteiger partial charge in [-0.15, -0.1) is 11.3 Å². The predicted octanol–water partition coefficient (Wildman–Crippen LogP) is 3.50. The number of para-hydroxylation sites is 1. The highest BCUT2D eigenvalue weighted by atomic mass is 32.1. The molecule has 5 nitrogen and oxygen atoms in total. The van der Waals surface area contributed by atoms with Crippen molar-refractivity contribution in [2.24, 2.45) is 5.92 Å². The first-order chi connectivity index (χ1) is 12.8. The molecule has 3 aromatic rings. The second kappa shape index (κ2) is 6.36. The van der Waals surface area contributed by atoms with Gasteiger partial charge in [-0.3, -0.25) is 4.79 Å². The lowest BCUT2D eigenvalue weighted by atomic mass is 9.95. The van der Waals surface area contributed by atoms with Gasteiger partial charge in [0, 0.05) is 31.2 Å². The molecule has 1 aromatic carbocycles. The lowest BCUT2D eigenvalue weighted by Crippen LogP contribution is -2.42. The van der Waals surface area contributed by atoms with Crippen LogP contribution >= 0.6 is 11.3 Å². The Kier molecular flexibility index (Phi) is 3.85. The Morgan fingerprint density at radius 1 is 1.08 bits per heavy atom. The van der Waals surface area contributed by atoms with Gasteiger partial charge < -0.3 is 9.80 Å².